The number of nitrogens with zero attached hydrogens (tertiary/aromatic N) is 2. The Morgan fingerprint density at radius 2 is 0.955 bits per heavy atom. The summed E-state index contributed by atoms with van der Waals surface area (Å²) in [6, 6.07) is 3.62. The zero-order valence-corrected chi connectivity index (χ0v) is 30.7. The highest BCUT2D eigenvalue weighted by Gasteiger charge is 2.48. The fourth-order valence-electron chi connectivity index (χ4n) is 7.53. The maximum atomic E-state index is 14.3. The fourth-order valence-corrected chi connectivity index (χ4v) is 7.53. The van der Waals surface area contributed by atoms with Crippen molar-refractivity contribution in [3.8, 4) is 5.75 Å². The minimum atomic E-state index is -1.27. The van der Waals surface area contributed by atoms with Crippen molar-refractivity contribution >= 4 is 11.9 Å². The van der Waals surface area contributed by atoms with E-state index >= 15 is 0 Å². The molecular formula is C37H62N2O5. The third kappa shape index (κ3) is 7.46. The van der Waals surface area contributed by atoms with Gasteiger partial charge in [-0.2, -0.15) is 0 Å². The van der Waals surface area contributed by atoms with Gasteiger partial charge in [0.1, 0.15) is 18.0 Å². The number of rotatable bonds is 5. The molecule has 2 saturated heterocycles. The molecule has 7 nitrogen and oxygen atoms in total. The van der Waals surface area contributed by atoms with Crippen molar-refractivity contribution in [2.24, 2.45) is 0 Å². The van der Waals surface area contributed by atoms with Gasteiger partial charge in [0.05, 0.1) is 0 Å². The zero-order chi connectivity index (χ0) is 34.0. The highest BCUT2D eigenvalue weighted by Crippen LogP contribution is 2.44. The minimum absolute atomic E-state index is 0.189. The van der Waals surface area contributed by atoms with Crippen molar-refractivity contribution in [1.82, 2.24) is 9.80 Å². The number of ether oxygens (including phenoxy) is 2. The van der Waals surface area contributed by atoms with E-state index < -0.39 is 28.7 Å². The summed E-state index contributed by atoms with van der Waals surface area (Å²) in [7, 11) is 4.22. The van der Waals surface area contributed by atoms with Gasteiger partial charge in [-0.1, -0.05) is 53.7 Å². The van der Waals surface area contributed by atoms with Gasteiger partial charge in [-0.15, -0.1) is 0 Å². The highest BCUT2D eigenvalue weighted by molar-refractivity contribution is 6.01. The molecule has 0 aromatic heterocycles. The van der Waals surface area contributed by atoms with Crippen LogP contribution in [0.15, 0.2) is 12.1 Å². The lowest BCUT2D eigenvalue weighted by molar-refractivity contribution is -0.172. The van der Waals surface area contributed by atoms with Gasteiger partial charge in [0.2, 0.25) is 0 Å². The van der Waals surface area contributed by atoms with Crippen LogP contribution in [0.4, 0.5) is 0 Å². The molecule has 250 valence electrons. The summed E-state index contributed by atoms with van der Waals surface area (Å²) in [6.07, 6.45) is 1.95. The van der Waals surface area contributed by atoms with Gasteiger partial charge >= 0.3 is 11.9 Å². The highest BCUT2D eigenvalue weighted by atomic mass is 16.6. The second-order valence-corrected chi connectivity index (χ2v) is 18.2. The first-order valence-corrected chi connectivity index (χ1v) is 16.4. The van der Waals surface area contributed by atoms with Gasteiger partial charge in [-0.05, 0) is 97.0 Å². The number of hydrogen-bond acceptors (Lipinski definition) is 7. The molecule has 1 aromatic rings. The molecule has 0 bridgehead atoms. The van der Waals surface area contributed by atoms with Crippen LogP contribution in [0.1, 0.15) is 145 Å². The van der Waals surface area contributed by atoms with Crippen LogP contribution in [0.2, 0.25) is 0 Å². The first-order chi connectivity index (χ1) is 19.6. The Morgan fingerprint density at radius 1 is 0.682 bits per heavy atom. The summed E-state index contributed by atoms with van der Waals surface area (Å²) in [6.45, 7) is 29.4. The Bertz CT molecular complexity index is 1120. The Labute approximate surface area is 268 Å². The lowest BCUT2D eigenvalue weighted by Crippen LogP contribution is -2.60. The number of esters is 2. The summed E-state index contributed by atoms with van der Waals surface area (Å²) < 4.78 is 12.6. The van der Waals surface area contributed by atoms with Crippen LogP contribution in [-0.4, -0.2) is 75.3 Å². The van der Waals surface area contributed by atoms with Gasteiger partial charge in [0.25, 0.3) is 0 Å². The van der Waals surface area contributed by atoms with E-state index in [9.17, 15) is 14.7 Å². The summed E-state index contributed by atoms with van der Waals surface area (Å²) in [5, 5.41) is 11.4. The van der Waals surface area contributed by atoms with Crippen LogP contribution in [0.5, 0.6) is 5.75 Å². The maximum Gasteiger partial charge on any atom is 0.325 e. The third-order valence-electron chi connectivity index (χ3n) is 10.7. The van der Waals surface area contributed by atoms with E-state index in [0.717, 1.165) is 0 Å². The number of likely N-dealkylation sites (tertiary alicyclic amines) is 2. The first-order valence-electron chi connectivity index (χ1n) is 16.4. The van der Waals surface area contributed by atoms with Crippen LogP contribution in [-0.2, 0) is 29.9 Å². The number of hydrogen-bond donors (Lipinski definition) is 1. The number of phenolic OH excluding ortho intramolecular Hbond substituents is 1. The molecule has 2 fully saturated rings. The summed E-state index contributed by atoms with van der Waals surface area (Å²) >= 11 is 0. The van der Waals surface area contributed by atoms with Crippen molar-refractivity contribution in [1.29, 1.82) is 0 Å². The van der Waals surface area contributed by atoms with Crippen molar-refractivity contribution in [2.75, 3.05) is 14.1 Å². The Morgan fingerprint density at radius 3 is 1.20 bits per heavy atom. The predicted molar refractivity (Wildman–Crippen MR) is 178 cm³/mol. The topological polar surface area (TPSA) is 79.3 Å². The summed E-state index contributed by atoms with van der Waals surface area (Å²) in [4.78, 5) is 33.3. The van der Waals surface area contributed by atoms with Crippen molar-refractivity contribution in [2.45, 2.75) is 174 Å². The second-order valence-electron chi connectivity index (χ2n) is 18.2. The van der Waals surface area contributed by atoms with Crippen LogP contribution < -0.4 is 0 Å². The Kier molecular flexibility index (Phi) is 9.58. The quantitative estimate of drug-likeness (QED) is 0.272. The van der Waals surface area contributed by atoms with Crippen LogP contribution in [0, 0.1) is 0 Å². The molecule has 0 amide bonds. The molecule has 0 aliphatic carbocycles. The molecule has 2 aliphatic heterocycles. The van der Waals surface area contributed by atoms with Gasteiger partial charge in [-0.25, -0.2) is 0 Å². The lowest BCUT2D eigenvalue weighted by atomic mass is 9.76. The van der Waals surface area contributed by atoms with E-state index in [1.54, 1.807) is 0 Å². The molecule has 1 N–H and O–H groups in total. The molecule has 2 aliphatic rings. The number of carbonyl (C=O) groups excluding carboxylic acids is 2. The molecular weight excluding hydrogens is 552 g/mol. The standard InChI is InChI=1S/C37H62N2O5/c1-32(2,3)26-17-23(18-27(29(26)40)33(4,5)6)28(30(41)43-24-19-34(7,8)38(15)35(9,10)20-24)31(42)44-25-21-36(11,12)39(16)37(13,14)22-25/h17-18,24-25,28,40H,19-22H2,1-16H3. The molecule has 3 rings (SSSR count). The molecule has 0 spiro atoms. The number of aromatic hydroxyl groups is 1. The molecule has 7 heteroatoms. The summed E-state index contributed by atoms with van der Waals surface area (Å²) in [5.41, 5.74) is 0.269. The molecule has 44 heavy (non-hydrogen) atoms. The first kappa shape index (κ1) is 36.3. The zero-order valence-electron chi connectivity index (χ0n) is 30.7. The molecule has 1 aromatic carbocycles. The minimum Gasteiger partial charge on any atom is -0.507 e. The smallest absolute Gasteiger partial charge is 0.325 e. The van der Waals surface area contributed by atoms with Crippen molar-refractivity contribution < 1.29 is 24.2 Å². The van der Waals surface area contributed by atoms with E-state index in [2.05, 4.69) is 79.3 Å². The monoisotopic (exact) mass is 614 g/mol. The fraction of sp³-hybridized carbons (Fsp3) is 0.784. The lowest BCUT2D eigenvalue weighted by Gasteiger charge is -2.53. The molecule has 0 radical (unpaired) electrons. The number of phenols is 1. The Balaban J connectivity index is 2.11. The van der Waals surface area contributed by atoms with E-state index in [-0.39, 0.29) is 40.1 Å². The normalized spacial score (nSPS) is 23.0. The number of piperidine rings is 2. The molecule has 0 atom stereocenters. The molecule has 0 saturated carbocycles. The van der Waals surface area contributed by atoms with Crippen LogP contribution >= 0.6 is 0 Å². The van der Waals surface area contributed by atoms with Gasteiger partial charge in [-0.3, -0.25) is 19.4 Å². The number of carbonyl (C=O) groups is 2. The van der Waals surface area contributed by atoms with Crippen molar-refractivity contribution in [3.63, 3.8) is 0 Å². The van der Waals surface area contributed by atoms with Crippen LogP contribution in [0.3, 0.4) is 0 Å². The average molecular weight is 615 g/mol. The van der Waals surface area contributed by atoms with E-state index in [1.807, 2.05) is 53.7 Å². The Hall–Kier alpha value is -2.12. The average Bonchev–Trinajstić information content (AvgIpc) is 2.79. The second kappa shape index (κ2) is 11.6. The molecule has 0 unspecified atom stereocenters. The molecule has 2 heterocycles. The van der Waals surface area contributed by atoms with Gasteiger partial charge < -0.3 is 14.6 Å². The van der Waals surface area contributed by atoms with Gasteiger partial charge in [0, 0.05) is 47.8 Å². The van der Waals surface area contributed by atoms with Crippen LogP contribution in [0.25, 0.3) is 0 Å². The van der Waals surface area contributed by atoms with E-state index in [0.29, 0.717) is 42.4 Å². The summed E-state index contributed by atoms with van der Waals surface area (Å²) in [5.74, 6) is -2.25. The largest absolute Gasteiger partial charge is 0.507 e. The predicted octanol–water partition coefficient (Wildman–Crippen LogP) is 7.46. The SMILES string of the molecule is CN1C(C)(C)CC(OC(=O)C(C(=O)OC2CC(C)(C)N(C)C(C)(C)C2)c2cc(C(C)(C)C)c(O)c(C(C)(C)C)c2)CC1(C)C. The van der Waals surface area contributed by atoms with Gasteiger partial charge in [0.15, 0.2) is 5.92 Å². The van der Waals surface area contributed by atoms with Crippen molar-refractivity contribution in [3.05, 3.63) is 28.8 Å². The third-order valence-corrected chi connectivity index (χ3v) is 10.7. The van der Waals surface area contributed by atoms with E-state index in [4.69, 9.17) is 9.47 Å². The number of benzene rings is 1. The van der Waals surface area contributed by atoms with E-state index in [1.165, 1.54) is 0 Å². The maximum absolute atomic E-state index is 14.3.